The summed E-state index contributed by atoms with van der Waals surface area (Å²) in [5, 5.41) is 4.99. The van der Waals surface area contributed by atoms with Crippen LogP contribution in [0.1, 0.15) is 32.9 Å². The van der Waals surface area contributed by atoms with Crippen LogP contribution >= 0.6 is 36.2 Å². The van der Waals surface area contributed by atoms with Crippen LogP contribution in [0.4, 0.5) is 0 Å². The molecule has 0 radical (unpaired) electrons. The molecule has 24 heavy (non-hydrogen) atoms. The first kappa shape index (κ1) is 22.9. The summed E-state index contributed by atoms with van der Waals surface area (Å²) in [6, 6.07) is 3.88. The van der Waals surface area contributed by atoms with Crippen molar-refractivity contribution in [2.24, 2.45) is 11.7 Å². The van der Waals surface area contributed by atoms with Gasteiger partial charge in [-0.05, 0) is 30.7 Å². The molecule has 136 valence electrons. The molecule has 1 atom stereocenters. The highest BCUT2D eigenvalue weighted by Gasteiger charge is 2.26. The molecule has 2 aromatic rings. The van der Waals surface area contributed by atoms with E-state index in [1.54, 1.807) is 11.3 Å². The smallest absolute Gasteiger partial charge is 0.236 e. The fraction of sp³-hybridized carbons (Fsp3) is 0.500. The van der Waals surface area contributed by atoms with Crippen molar-refractivity contribution in [2.45, 2.75) is 39.2 Å². The molecule has 0 bridgehead atoms. The number of nitrogens with one attached hydrogen (secondary N) is 1. The predicted molar refractivity (Wildman–Crippen MR) is 103 cm³/mol. The third-order valence-electron chi connectivity index (χ3n) is 3.38. The minimum Gasteiger partial charge on any atom is -0.444 e. The molecule has 8 heteroatoms. The summed E-state index contributed by atoms with van der Waals surface area (Å²) < 4.78 is 5.43. The van der Waals surface area contributed by atoms with Crippen LogP contribution in [0.5, 0.6) is 0 Å². The summed E-state index contributed by atoms with van der Waals surface area (Å²) in [5.41, 5.74) is 6.06. The van der Waals surface area contributed by atoms with E-state index in [9.17, 15) is 4.79 Å². The average molecular weight is 394 g/mol. The number of carbonyl (C=O) groups is 1. The Bertz CT molecular complexity index is 617. The zero-order valence-corrected chi connectivity index (χ0v) is 16.5. The lowest BCUT2D eigenvalue weighted by molar-refractivity contribution is -0.122. The predicted octanol–water partition coefficient (Wildman–Crippen LogP) is 3.67. The minimum absolute atomic E-state index is 0. The van der Waals surface area contributed by atoms with Gasteiger partial charge in [0.25, 0.3) is 0 Å². The second-order valence-electron chi connectivity index (χ2n) is 6.21. The molecule has 0 aliphatic heterocycles. The first-order chi connectivity index (χ1) is 10.4. The van der Waals surface area contributed by atoms with Gasteiger partial charge in [-0.15, -0.1) is 36.2 Å². The van der Waals surface area contributed by atoms with E-state index in [-0.39, 0.29) is 42.7 Å². The number of thiophene rings is 1. The van der Waals surface area contributed by atoms with Crippen LogP contribution in [0.15, 0.2) is 28.2 Å². The van der Waals surface area contributed by atoms with Crippen molar-refractivity contribution < 1.29 is 9.21 Å². The van der Waals surface area contributed by atoms with Crippen molar-refractivity contribution >= 4 is 42.1 Å². The van der Waals surface area contributed by atoms with Crippen molar-refractivity contribution in [1.82, 2.24) is 10.3 Å². The van der Waals surface area contributed by atoms with Gasteiger partial charge in [-0.2, -0.15) is 0 Å². The third kappa shape index (κ3) is 6.43. The van der Waals surface area contributed by atoms with Gasteiger partial charge >= 0.3 is 0 Å². The van der Waals surface area contributed by atoms with E-state index in [1.807, 2.05) is 24.4 Å². The van der Waals surface area contributed by atoms with E-state index in [0.717, 1.165) is 11.3 Å². The quantitative estimate of drug-likeness (QED) is 0.751. The van der Waals surface area contributed by atoms with Crippen LogP contribution in [0, 0.1) is 5.92 Å². The number of rotatable bonds is 7. The molecule has 0 spiro atoms. The first-order valence-electron chi connectivity index (χ1n) is 7.41. The number of hydrogen-bond acceptors (Lipinski definition) is 5. The molecule has 0 aliphatic carbocycles. The zero-order chi connectivity index (χ0) is 16.2. The molecule has 0 saturated carbocycles. The average Bonchev–Trinajstić information content (AvgIpc) is 3.07. The van der Waals surface area contributed by atoms with Gasteiger partial charge in [-0.25, -0.2) is 4.98 Å². The van der Waals surface area contributed by atoms with Gasteiger partial charge in [0.05, 0.1) is 17.0 Å². The lowest BCUT2D eigenvalue weighted by Crippen LogP contribution is -2.52. The van der Waals surface area contributed by atoms with E-state index >= 15 is 0 Å². The van der Waals surface area contributed by atoms with Gasteiger partial charge in [0.2, 0.25) is 11.8 Å². The fourth-order valence-corrected chi connectivity index (χ4v) is 3.19. The largest absolute Gasteiger partial charge is 0.444 e. The highest BCUT2D eigenvalue weighted by Crippen LogP contribution is 2.23. The molecule has 3 N–H and O–H groups in total. The maximum Gasteiger partial charge on any atom is 0.236 e. The molecule has 0 aliphatic rings. The van der Waals surface area contributed by atoms with Gasteiger partial charge in [0.1, 0.15) is 6.26 Å². The lowest BCUT2D eigenvalue weighted by atomic mass is 9.90. The highest BCUT2D eigenvalue weighted by atomic mass is 35.5. The summed E-state index contributed by atoms with van der Waals surface area (Å²) in [7, 11) is 0. The summed E-state index contributed by atoms with van der Waals surface area (Å²) in [4.78, 5) is 17.5. The molecule has 1 unspecified atom stereocenters. The van der Waals surface area contributed by atoms with Gasteiger partial charge < -0.3 is 15.5 Å². The van der Waals surface area contributed by atoms with Gasteiger partial charge in [0, 0.05) is 12.1 Å². The Morgan fingerprint density at radius 2 is 2.17 bits per heavy atom. The maximum atomic E-state index is 12.2. The van der Waals surface area contributed by atoms with Crippen LogP contribution in [0.2, 0.25) is 0 Å². The summed E-state index contributed by atoms with van der Waals surface area (Å²) >= 11 is 1.56. The second-order valence-corrected chi connectivity index (χ2v) is 7.16. The van der Waals surface area contributed by atoms with E-state index in [1.165, 1.54) is 6.26 Å². The van der Waals surface area contributed by atoms with Gasteiger partial charge in [0.15, 0.2) is 0 Å². The van der Waals surface area contributed by atoms with E-state index in [4.69, 9.17) is 10.2 Å². The Morgan fingerprint density at radius 3 is 2.71 bits per heavy atom. The number of nitrogens with two attached hydrogens (primary N) is 1. The Kier molecular flexibility index (Phi) is 9.58. The van der Waals surface area contributed by atoms with Gasteiger partial charge in [-0.1, -0.05) is 19.9 Å². The normalized spacial score (nSPS) is 12.9. The Labute approximate surface area is 159 Å². The van der Waals surface area contributed by atoms with Crippen LogP contribution < -0.4 is 11.1 Å². The van der Waals surface area contributed by atoms with Crippen molar-refractivity contribution in [3.05, 3.63) is 29.5 Å². The monoisotopic (exact) mass is 393 g/mol. The molecule has 2 rings (SSSR count). The molecule has 5 nitrogen and oxygen atoms in total. The summed E-state index contributed by atoms with van der Waals surface area (Å²) in [6.45, 7) is 6.62. The van der Waals surface area contributed by atoms with Gasteiger partial charge in [-0.3, -0.25) is 4.79 Å². The number of aromatic nitrogens is 1. The Morgan fingerprint density at radius 1 is 1.46 bits per heavy atom. The number of hydrogen-bond donors (Lipinski definition) is 2. The number of amides is 1. The van der Waals surface area contributed by atoms with Crippen molar-refractivity contribution in [2.75, 3.05) is 6.54 Å². The number of halogens is 2. The molecule has 0 aromatic carbocycles. The minimum atomic E-state index is -0.383. The first-order valence-corrected chi connectivity index (χ1v) is 8.29. The van der Waals surface area contributed by atoms with E-state index in [2.05, 4.69) is 24.1 Å². The summed E-state index contributed by atoms with van der Waals surface area (Å²) in [5.74, 6) is 0.938. The van der Waals surface area contributed by atoms with Crippen LogP contribution in [-0.4, -0.2) is 23.0 Å². The number of nitrogens with zero attached hydrogens (tertiary/aromatic N) is 1. The highest BCUT2D eigenvalue weighted by molar-refractivity contribution is 7.13. The van der Waals surface area contributed by atoms with Crippen molar-refractivity contribution in [1.29, 1.82) is 0 Å². The standard InChI is InChI=1S/C16H23N3O2S.2ClH/c1-11(2)8-16(3,10-17)19-14(20)7-12-9-21-15(18-12)13-5-4-6-22-13;;/h4-6,9,11H,7-8,10,17H2,1-3H3,(H,19,20);2*1H. The zero-order valence-electron chi connectivity index (χ0n) is 14.1. The Balaban J connectivity index is 0.00000264. The molecule has 1 amide bonds. The van der Waals surface area contributed by atoms with E-state index in [0.29, 0.717) is 24.0 Å². The molecular weight excluding hydrogens is 369 g/mol. The molecule has 2 aromatic heterocycles. The topological polar surface area (TPSA) is 81.1 Å². The maximum absolute atomic E-state index is 12.2. The second kappa shape index (κ2) is 10.0. The van der Waals surface area contributed by atoms with Crippen LogP contribution in [-0.2, 0) is 11.2 Å². The Hall–Kier alpha value is -1.08. The SMILES string of the molecule is CC(C)CC(C)(CN)NC(=O)Cc1coc(-c2cccs2)n1.Cl.Cl. The molecular formula is C16H25Cl2N3O2S. The fourth-order valence-electron chi connectivity index (χ4n) is 2.53. The van der Waals surface area contributed by atoms with E-state index < -0.39 is 0 Å². The molecule has 0 saturated heterocycles. The van der Waals surface area contributed by atoms with Crippen molar-refractivity contribution in [3.8, 4) is 10.8 Å². The van der Waals surface area contributed by atoms with Crippen molar-refractivity contribution in [3.63, 3.8) is 0 Å². The number of carbonyl (C=O) groups excluding carboxylic acids is 1. The molecule has 0 fully saturated rings. The molecule has 2 heterocycles. The third-order valence-corrected chi connectivity index (χ3v) is 4.23. The van der Waals surface area contributed by atoms with Crippen LogP contribution in [0.3, 0.4) is 0 Å². The van der Waals surface area contributed by atoms with Crippen LogP contribution in [0.25, 0.3) is 10.8 Å². The summed E-state index contributed by atoms with van der Waals surface area (Å²) in [6.07, 6.45) is 2.58. The lowest BCUT2D eigenvalue weighted by Gasteiger charge is -2.31. The number of oxazole rings is 1.